The van der Waals surface area contributed by atoms with Crippen LogP contribution >= 0.6 is 0 Å². The molecule has 9 heteroatoms. The summed E-state index contributed by atoms with van der Waals surface area (Å²) in [7, 11) is 1.79. The van der Waals surface area contributed by atoms with E-state index < -0.39 is 0 Å². The highest BCUT2D eigenvalue weighted by atomic mass is 16.2. The Bertz CT molecular complexity index is 1830. The highest BCUT2D eigenvalue weighted by molar-refractivity contribution is 6.15. The smallest absolute Gasteiger partial charge is 0.259 e. The standard InChI is InChI=1S/C34H33N7O2/c1-21(18-38-30(35)16-22(2)36-3)32(37-4)26-19-39-33-24(26)12-9-15-29(33)41-20-27-25(34(41)43)13-8-14-28(27)40-31(42)17-23-10-6-5-7-11-23/h5-16,18-19,35-36,39H,4,17,20H2,1-3H3,(H,40,42)/b22-16-,32-21-,35-30?,38-18?. The number of aliphatic imine (C=N–C) groups is 2. The van der Waals surface area contributed by atoms with Gasteiger partial charge in [0.05, 0.1) is 29.9 Å². The Balaban J connectivity index is 1.43. The summed E-state index contributed by atoms with van der Waals surface area (Å²) in [4.78, 5) is 40.0. The van der Waals surface area contributed by atoms with E-state index >= 15 is 0 Å². The number of carbonyl (C=O) groups excluding carboxylic acids is 2. The second-order valence-electron chi connectivity index (χ2n) is 10.2. The SMILES string of the molecule is C=N/C(=C(/C)C=NC(=N)/C=C(/C)NC)c1c[nH]c2c(N3Cc4c(NC(=O)Cc5ccccc5)cccc4C3=O)cccc12. The topological polar surface area (TPSA) is 126 Å². The van der Waals surface area contributed by atoms with Crippen molar-refractivity contribution in [3.8, 4) is 0 Å². The van der Waals surface area contributed by atoms with Crippen molar-refractivity contribution in [3.05, 3.63) is 113 Å². The number of H-pyrrole nitrogens is 1. The second kappa shape index (κ2) is 12.5. The fourth-order valence-electron chi connectivity index (χ4n) is 5.14. The molecule has 216 valence electrons. The molecule has 0 atom stereocenters. The first-order chi connectivity index (χ1) is 20.8. The molecule has 43 heavy (non-hydrogen) atoms. The molecule has 0 saturated carbocycles. The van der Waals surface area contributed by atoms with Crippen LogP contribution in [0.3, 0.4) is 0 Å². The van der Waals surface area contributed by atoms with E-state index in [4.69, 9.17) is 5.41 Å². The number of nitrogens with one attached hydrogen (secondary N) is 4. The van der Waals surface area contributed by atoms with Gasteiger partial charge in [-0.3, -0.25) is 20.0 Å². The molecular weight excluding hydrogens is 538 g/mol. The normalized spacial score (nSPS) is 13.7. The average molecular weight is 572 g/mol. The Morgan fingerprint density at radius 3 is 2.60 bits per heavy atom. The maximum Gasteiger partial charge on any atom is 0.259 e. The molecule has 5 rings (SSSR count). The predicted molar refractivity (Wildman–Crippen MR) is 175 cm³/mol. The highest BCUT2D eigenvalue weighted by Gasteiger charge is 2.32. The van der Waals surface area contributed by atoms with Crippen molar-refractivity contribution < 1.29 is 9.59 Å². The van der Waals surface area contributed by atoms with Gasteiger partial charge in [-0.05, 0) is 49.9 Å². The van der Waals surface area contributed by atoms with Crippen LogP contribution < -0.4 is 15.5 Å². The summed E-state index contributed by atoms with van der Waals surface area (Å²) in [6.07, 6.45) is 5.32. The second-order valence-corrected chi connectivity index (χ2v) is 10.2. The highest BCUT2D eigenvalue weighted by Crippen LogP contribution is 2.38. The fourth-order valence-corrected chi connectivity index (χ4v) is 5.14. The molecule has 0 spiro atoms. The van der Waals surface area contributed by atoms with Crippen LogP contribution in [0.2, 0.25) is 0 Å². The van der Waals surface area contributed by atoms with Gasteiger partial charge in [0.2, 0.25) is 5.91 Å². The molecule has 0 saturated heterocycles. The third-order valence-corrected chi connectivity index (χ3v) is 7.37. The number of benzene rings is 3. The molecule has 1 aromatic heterocycles. The monoisotopic (exact) mass is 571 g/mol. The summed E-state index contributed by atoms with van der Waals surface area (Å²) in [6, 6.07) is 20.7. The Kier molecular flexibility index (Phi) is 8.43. The molecule has 0 aliphatic carbocycles. The van der Waals surface area contributed by atoms with Gasteiger partial charge < -0.3 is 20.5 Å². The summed E-state index contributed by atoms with van der Waals surface area (Å²) >= 11 is 0. The van der Waals surface area contributed by atoms with Gasteiger partial charge >= 0.3 is 0 Å². The number of hydrogen-bond acceptors (Lipinski definition) is 5. The zero-order valence-electron chi connectivity index (χ0n) is 24.4. The molecule has 0 unspecified atom stereocenters. The lowest BCUT2D eigenvalue weighted by Gasteiger charge is -2.17. The van der Waals surface area contributed by atoms with E-state index in [2.05, 4.69) is 32.3 Å². The van der Waals surface area contributed by atoms with Crippen molar-refractivity contribution in [1.29, 1.82) is 5.41 Å². The van der Waals surface area contributed by atoms with Gasteiger partial charge in [0.15, 0.2) is 0 Å². The third-order valence-electron chi connectivity index (χ3n) is 7.37. The van der Waals surface area contributed by atoms with Crippen LogP contribution in [0.1, 0.15) is 40.9 Å². The van der Waals surface area contributed by atoms with Crippen molar-refractivity contribution in [1.82, 2.24) is 10.3 Å². The number of rotatable bonds is 9. The van der Waals surface area contributed by atoms with Gasteiger partial charge in [0, 0.05) is 59.0 Å². The number of carbonyl (C=O) groups is 2. The Morgan fingerprint density at radius 1 is 1.09 bits per heavy atom. The summed E-state index contributed by atoms with van der Waals surface area (Å²) in [5, 5.41) is 14.9. The van der Waals surface area contributed by atoms with Crippen LogP contribution in [0.25, 0.3) is 16.6 Å². The first-order valence-corrected chi connectivity index (χ1v) is 13.8. The van der Waals surface area contributed by atoms with Gasteiger partial charge in [-0.1, -0.05) is 48.5 Å². The number of nitrogens with zero attached hydrogens (tertiary/aromatic N) is 3. The molecule has 1 aliphatic heterocycles. The number of aromatic nitrogens is 1. The lowest BCUT2D eigenvalue weighted by atomic mass is 10.1. The lowest BCUT2D eigenvalue weighted by Crippen LogP contribution is -2.23. The first kappa shape index (κ1) is 28.9. The van der Waals surface area contributed by atoms with E-state index in [1.807, 2.05) is 74.6 Å². The minimum Gasteiger partial charge on any atom is -0.392 e. The molecule has 0 radical (unpaired) electrons. The van der Waals surface area contributed by atoms with Crippen molar-refractivity contribution >= 4 is 58.6 Å². The molecule has 9 nitrogen and oxygen atoms in total. The number of para-hydroxylation sites is 1. The van der Waals surface area contributed by atoms with Crippen LogP contribution in [0.5, 0.6) is 0 Å². The lowest BCUT2D eigenvalue weighted by molar-refractivity contribution is -0.115. The minimum atomic E-state index is -0.139. The summed E-state index contributed by atoms with van der Waals surface area (Å²) < 4.78 is 0. The molecule has 4 N–H and O–H groups in total. The van der Waals surface area contributed by atoms with E-state index in [1.54, 1.807) is 36.4 Å². The quantitative estimate of drug-likeness (QED) is 0.143. The van der Waals surface area contributed by atoms with Crippen LogP contribution in [-0.2, 0) is 17.8 Å². The Morgan fingerprint density at radius 2 is 1.86 bits per heavy atom. The van der Waals surface area contributed by atoms with Gasteiger partial charge in [-0.15, -0.1) is 0 Å². The van der Waals surface area contributed by atoms with Crippen LogP contribution in [0.15, 0.2) is 100 Å². The number of hydrogen-bond donors (Lipinski definition) is 4. The van der Waals surface area contributed by atoms with Crippen molar-refractivity contribution in [2.75, 3.05) is 17.3 Å². The van der Waals surface area contributed by atoms with Gasteiger partial charge in [0.1, 0.15) is 5.84 Å². The third kappa shape index (κ3) is 6.06. The van der Waals surface area contributed by atoms with E-state index in [0.717, 1.165) is 44.6 Å². The van der Waals surface area contributed by atoms with Gasteiger partial charge in [-0.2, -0.15) is 0 Å². The van der Waals surface area contributed by atoms with Gasteiger partial charge in [-0.25, -0.2) is 4.99 Å². The van der Waals surface area contributed by atoms with E-state index in [-0.39, 0.29) is 24.1 Å². The van der Waals surface area contributed by atoms with Crippen LogP contribution in [0.4, 0.5) is 11.4 Å². The summed E-state index contributed by atoms with van der Waals surface area (Å²) in [5.74, 6) is -0.166. The van der Waals surface area contributed by atoms with E-state index in [0.29, 0.717) is 23.5 Å². The van der Waals surface area contributed by atoms with Crippen LogP contribution in [-0.4, -0.2) is 42.6 Å². The van der Waals surface area contributed by atoms with Crippen molar-refractivity contribution in [2.24, 2.45) is 9.98 Å². The fraction of sp³-hybridized carbons (Fsp3) is 0.147. The largest absolute Gasteiger partial charge is 0.392 e. The number of aromatic amines is 1. The maximum atomic E-state index is 13.6. The number of anilines is 2. The van der Waals surface area contributed by atoms with Crippen molar-refractivity contribution in [3.63, 3.8) is 0 Å². The first-order valence-electron chi connectivity index (χ1n) is 13.8. The van der Waals surface area contributed by atoms with E-state index in [1.165, 1.54) is 0 Å². The molecule has 1 aliphatic rings. The van der Waals surface area contributed by atoms with E-state index in [9.17, 15) is 9.59 Å². The maximum absolute atomic E-state index is 13.6. The van der Waals surface area contributed by atoms with Crippen LogP contribution in [0, 0.1) is 5.41 Å². The minimum absolute atomic E-state index is 0.110. The summed E-state index contributed by atoms with van der Waals surface area (Å²) in [6.45, 7) is 7.82. The summed E-state index contributed by atoms with van der Waals surface area (Å²) in [5.41, 5.74) is 7.39. The molecule has 2 amide bonds. The zero-order chi connectivity index (χ0) is 30.5. The molecule has 4 aromatic rings. The van der Waals surface area contributed by atoms with Crippen molar-refractivity contribution in [2.45, 2.75) is 26.8 Å². The Hall–Kier alpha value is -5.57. The Labute approximate surface area is 250 Å². The number of amidine groups is 1. The molecule has 0 bridgehead atoms. The molecule has 3 aromatic carbocycles. The zero-order valence-corrected chi connectivity index (χ0v) is 24.4. The molecule has 2 heterocycles. The number of allylic oxidation sites excluding steroid dienone is 2. The molecule has 0 fully saturated rings. The number of fused-ring (bicyclic) bond motifs is 2. The molecular formula is C34H33N7O2. The van der Waals surface area contributed by atoms with Gasteiger partial charge in [0.25, 0.3) is 5.91 Å². The average Bonchev–Trinajstić information content (AvgIpc) is 3.59. The predicted octanol–water partition coefficient (Wildman–Crippen LogP) is 6.11. The number of amides is 2.